The van der Waals surface area contributed by atoms with Gasteiger partial charge in [-0.15, -0.1) is 4.20 Å². The van der Waals surface area contributed by atoms with Crippen molar-refractivity contribution in [2.75, 3.05) is 0 Å². The molecule has 0 saturated carbocycles. The molecule has 0 radical (unpaired) electrons. The van der Waals surface area contributed by atoms with E-state index in [2.05, 4.69) is 9.61 Å². The van der Waals surface area contributed by atoms with Gasteiger partial charge in [0.15, 0.2) is 0 Å². The van der Waals surface area contributed by atoms with Crippen LogP contribution in [0.5, 0.6) is 0 Å². The fourth-order valence-corrected chi connectivity index (χ4v) is 0.741. The highest BCUT2D eigenvalue weighted by atomic mass is 31.2. The molecule has 0 fully saturated rings. The maximum absolute atomic E-state index is 11.8. The highest BCUT2D eigenvalue weighted by Gasteiger charge is 2.18. The smallest absolute Gasteiger partial charge is 0.307 e. The minimum Gasteiger partial charge on any atom is -0.307 e. The first-order valence-electron chi connectivity index (χ1n) is 2.28. The van der Waals surface area contributed by atoms with Crippen molar-refractivity contribution < 1.29 is 18.3 Å². The first kappa shape index (κ1) is 7.24. The summed E-state index contributed by atoms with van der Waals surface area (Å²) < 4.78 is 26.2. The predicted molar refractivity (Wildman–Crippen MR) is 29.7 cm³/mol. The van der Waals surface area contributed by atoms with E-state index >= 15 is 0 Å². The fraction of sp³-hybridized carbons (Fsp3) is 0. The Bertz CT molecular complexity index is 242. The molecule has 1 atom stereocenters. The zero-order valence-electron chi connectivity index (χ0n) is 4.72. The topological polar surface area (TPSA) is 64.3 Å². The van der Waals surface area contributed by atoms with Crippen molar-refractivity contribution in [3.63, 3.8) is 0 Å². The fourth-order valence-electron chi connectivity index (χ4n) is 0.411. The minimum atomic E-state index is -4.93. The van der Waals surface area contributed by atoms with Crippen molar-refractivity contribution >= 4 is 7.91 Å². The SMILES string of the molecule is O=P(O)(F)On1ccnc1. The molecule has 0 aliphatic carbocycles. The lowest BCUT2D eigenvalue weighted by molar-refractivity contribution is 0.202. The van der Waals surface area contributed by atoms with E-state index in [1.54, 1.807) is 0 Å². The summed E-state index contributed by atoms with van der Waals surface area (Å²) in [6.45, 7) is 0. The van der Waals surface area contributed by atoms with Gasteiger partial charge >= 0.3 is 7.91 Å². The zero-order valence-corrected chi connectivity index (χ0v) is 5.61. The molecular formula is C3H4FN2O3P. The number of nitrogens with zero attached hydrogens (tertiary/aromatic N) is 2. The molecule has 0 saturated heterocycles. The van der Waals surface area contributed by atoms with Crippen molar-refractivity contribution in [2.24, 2.45) is 0 Å². The first-order chi connectivity index (χ1) is 4.58. The van der Waals surface area contributed by atoms with Gasteiger partial charge in [-0.2, -0.15) is 4.73 Å². The second-order valence-corrected chi connectivity index (χ2v) is 2.52. The number of hydrogen-bond acceptors (Lipinski definition) is 3. The van der Waals surface area contributed by atoms with Crippen molar-refractivity contribution in [2.45, 2.75) is 0 Å². The Morgan fingerprint density at radius 2 is 2.50 bits per heavy atom. The molecule has 1 aromatic heterocycles. The number of halogens is 1. The van der Waals surface area contributed by atoms with Crippen LogP contribution in [0.3, 0.4) is 0 Å². The largest absolute Gasteiger partial charge is 0.586 e. The van der Waals surface area contributed by atoms with Gasteiger partial charge < -0.3 is 4.62 Å². The molecule has 0 amide bonds. The van der Waals surface area contributed by atoms with E-state index in [9.17, 15) is 8.76 Å². The van der Waals surface area contributed by atoms with Gasteiger partial charge in [-0.1, -0.05) is 0 Å². The summed E-state index contributed by atoms with van der Waals surface area (Å²) in [7, 11) is -4.93. The van der Waals surface area contributed by atoms with Crippen LogP contribution in [0.15, 0.2) is 18.7 Å². The Hall–Kier alpha value is -0.870. The van der Waals surface area contributed by atoms with Crippen LogP contribution < -0.4 is 4.62 Å². The van der Waals surface area contributed by atoms with Crippen LogP contribution in [0.4, 0.5) is 4.20 Å². The van der Waals surface area contributed by atoms with Gasteiger partial charge in [0.1, 0.15) is 6.33 Å². The lowest BCUT2D eigenvalue weighted by Gasteiger charge is -2.01. The molecule has 7 heteroatoms. The standard InChI is InChI=1S/C3H4FN2O3P/c4-10(7,8)9-6-2-1-5-3-6/h1-3H,(H,7,8). The molecule has 0 bridgehead atoms. The molecule has 0 aliphatic rings. The molecule has 1 heterocycles. The van der Waals surface area contributed by atoms with Crippen molar-refractivity contribution in [1.82, 2.24) is 9.71 Å². The van der Waals surface area contributed by atoms with E-state index in [0.29, 0.717) is 4.73 Å². The van der Waals surface area contributed by atoms with Crippen LogP contribution in [0.2, 0.25) is 0 Å². The summed E-state index contributed by atoms with van der Waals surface area (Å²) in [5.41, 5.74) is 0. The maximum Gasteiger partial charge on any atom is 0.586 e. The molecule has 5 nitrogen and oxygen atoms in total. The highest BCUT2D eigenvalue weighted by molar-refractivity contribution is 7.47. The van der Waals surface area contributed by atoms with Crippen LogP contribution in [0.25, 0.3) is 0 Å². The van der Waals surface area contributed by atoms with Crippen molar-refractivity contribution in [1.29, 1.82) is 0 Å². The highest BCUT2D eigenvalue weighted by Crippen LogP contribution is 2.38. The Balaban J connectivity index is 2.66. The van der Waals surface area contributed by atoms with Crippen LogP contribution in [-0.2, 0) is 4.57 Å². The van der Waals surface area contributed by atoms with Crippen LogP contribution in [0, 0.1) is 0 Å². The Kier molecular flexibility index (Phi) is 1.74. The summed E-state index contributed by atoms with van der Waals surface area (Å²) in [5.74, 6) is 0. The summed E-state index contributed by atoms with van der Waals surface area (Å²) in [4.78, 5) is 11.5. The maximum atomic E-state index is 11.8. The van der Waals surface area contributed by atoms with E-state index in [0.717, 1.165) is 6.33 Å². The summed E-state index contributed by atoms with van der Waals surface area (Å²) in [6, 6.07) is 0. The average molecular weight is 166 g/mol. The summed E-state index contributed by atoms with van der Waals surface area (Å²) in [6.07, 6.45) is 3.54. The first-order valence-corrected chi connectivity index (χ1v) is 3.75. The van der Waals surface area contributed by atoms with E-state index in [1.165, 1.54) is 12.4 Å². The van der Waals surface area contributed by atoms with Crippen LogP contribution >= 0.6 is 7.91 Å². The third kappa shape index (κ3) is 2.16. The minimum absolute atomic E-state index is 0.709. The molecule has 1 N–H and O–H groups in total. The van der Waals surface area contributed by atoms with Crippen LogP contribution in [-0.4, -0.2) is 14.6 Å². The van der Waals surface area contributed by atoms with Gasteiger partial charge in [-0.05, 0) is 0 Å². The van der Waals surface area contributed by atoms with Crippen molar-refractivity contribution in [3.8, 4) is 0 Å². The molecular weight excluding hydrogens is 162 g/mol. The van der Waals surface area contributed by atoms with Gasteiger partial charge in [0.05, 0.1) is 6.20 Å². The van der Waals surface area contributed by atoms with Crippen molar-refractivity contribution in [3.05, 3.63) is 18.7 Å². The van der Waals surface area contributed by atoms with Gasteiger partial charge in [0.25, 0.3) is 0 Å². The molecule has 1 aromatic rings. The molecule has 0 aromatic carbocycles. The van der Waals surface area contributed by atoms with Crippen LogP contribution in [0.1, 0.15) is 0 Å². The van der Waals surface area contributed by atoms with Gasteiger partial charge in [-0.3, -0.25) is 4.89 Å². The number of rotatable bonds is 2. The van der Waals surface area contributed by atoms with E-state index in [1.807, 2.05) is 0 Å². The monoisotopic (exact) mass is 166 g/mol. The Labute approximate surface area is 55.7 Å². The summed E-state index contributed by atoms with van der Waals surface area (Å²) >= 11 is 0. The second kappa shape index (κ2) is 2.40. The Morgan fingerprint density at radius 1 is 1.80 bits per heavy atom. The third-order valence-corrected chi connectivity index (χ3v) is 1.07. The average Bonchev–Trinajstić information content (AvgIpc) is 2.12. The molecule has 0 aliphatic heterocycles. The molecule has 0 spiro atoms. The Morgan fingerprint density at radius 3 is 2.90 bits per heavy atom. The normalized spacial score (nSPS) is 16.2. The second-order valence-electron chi connectivity index (χ2n) is 1.46. The number of imidazole rings is 1. The predicted octanol–water partition coefficient (Wildman–Crippen LogP) is 0.382. The number of hydrogen-bond donors (Lipinski definition) is 1. The van der Waals surface area contributed by atoms with Gasteiger partial charge in [0.2, 0.25) is 0 Å². The van der Waals surface area contributed by atoms with E-state index in [-0.39, 0.29) is 0 Å². The third-order valence-electron chi connectivity index (χ3n) is 0.675. The lowest BCUT2D eigenvalue weighted by Crippen LogP contribution is -2.02. The summed E-state index contributed by atoms with van der Waals surface area (Å²) in [5, 5.41) is 0. The molecule has 10 heavy (non-hydrogen) atoms. The van der Waals surface area contributed by atoms with E-state index in [4.69, 9.17) is 4.89 Å². The lowest BCUT2D eigenvalue weighted by atomic mass is 11.0. The molecule has 1 rings (SSSR count). The van der Waals surface area contributed by atoms with Gasteiger partial charge in [0, 0.05) is 6.20 Å². The molecule has 1 unspecified atom stereocenters. The van der Waals surface area contributed by atoms with Gasteiger partial charge in [-0.25, -0.2) is 9.55 Å². The van der Waals surface area contributed by atoms with E-state index < -0.39 is 7.91 Å². The quantitative estimate of drug-likeness (QED) is 0.645. The molecule has 56 valence electrons. The number of aromatic nitrogens is 2. The zero-order chi connectivity index (χ0) is 7.61.